The molecule has 1 aliphatic heterocycles. The van der Waals surface area contributed by atoms with Gasteiger partial charge in [-0.1, -0.05) is 18.2 Å². The van der Waals surface area contributed by atoms with Crippen molar-refractivity contribution in [1.29, 1.82) is 0 Å². The van der Waals surface area contributed by atoms with Gasteiger partial charge in [0.15, 0.2) is 0 Å². The predicted molar refractivity (Wildman–Crippen MR) is 151 cm³/mol. The van der Waals surface area contributed by atoms with E-state index < -0.39 is 20.9 Å². The second kappa shape index (κ2) is 10.7. The van der Waals surface area contributed by atoms with E-state index in [0.29, 0.717) is 50.4 Å². The second-order valence-corrected chi connectivity index (χ2v) is 13.8. The lowest BCUT2D eigenvalue weighted by Crippen LogP contribution is -2.49. The van der Waals surface area contributed by atoms with Gasteiger partial charge in [-0.05, 0) is 98.8 Å². The summed E-state index contributed by atoms with van der Waals surface area (Å²) in [6.07, 6.45) is 8.35. The fourth-order valence-electron chi connectivity index (χ4n) is 7.94. The summed E-state index contributed by atoms with van der Waals surface area (Å²) < 4.78 is 34.8. The summed E-state index contributed by atoms with van der Waals surface area (Å²) in [6.45, 7) is 1.58. The van der Waals surface area contributed by atoms with Gasteiger partial charge in [0.1, 0.15) is 16.3 Å². The topological polar surface area (TPSA) is 140 Å². The molecule has 4 bridgehead atoms. The maximum Gasteiger partial charge on any atom is 0.316 e. The van der Waals surface area contributed by atoms with Crippen LogP contribution in [0, 0.1) is 33.3 Å². The van der Waals surface area contributed by atoms with Gasteiger partial charge in [-0.2, -0.15) is 0 Å². The minimum Gasteiger partial charge on any atom is -0.381 e. The maximum absolute atomic E-state index is 13.6. The van der Waals surface area contributed by atoms with E-state index in [4.69, 9.17) is 4.74 Å². The van der Waals surface area contributed by atoms with Gasteiger partial charge >= 0.3 is 5.69 Å². The summed E-state index contributed by atoms with van der Waals surface area (Å²) in [5.74, 6) is 1.24. The SMILES string of the molecule is O=C(NS(=O)(=O)c1ccc(NC2CCOCC2)c([N+](=O)[O-])c1NCC12CC3CC(CC(C3)C1)C2)c1ccccc1. The molecular formula is C29H36N4O6S. The molecule has 5 fully saturated rings. The van der Waals surface area contributed by atoms with Gasteiger partial charge < -0.3 is 15.4 Å². The Labute approximate surface area is 234 Å². The first-order chi connectivity index (χ1) is 19.2. The molecule has 0 atom stereocenters. The summed E-state index contributed by atoms with van der Waals surface area (Å²) in [6, 6.07) is 10.8. The lowest BCUT2D eigenvalue weighted by molar-refractivity contribution is -0.383. The van der Waals surface area contributed by atoms with E-state index in [-0.39, 0.29) is 39.0 Å². The fraction of sp³-hybridized carbons (Fsp3) is 0.552. The number of benzene rings is 2. The Bertz CT molecular complexity index is 1360. The summed E-state index contributed by atoms with van der Waals surface area (Å²) in [7, 11) is -4.44. The molecule has 0 radical (unpaired) electrons. The van der Waals surface area contributed by atoms with Gasteiger partial charge in [-0.15, -0.1) is 0 Å². The van der Waals surface area contributed by atoms with E-state index in [0.717, 1.165) is 19.3 Å². The molecule has 2 aromatic carbocycles. The van der Waals surface area contributed by atoms with E-state index >= 15 is 0 Å². The van der Waals surface area contributed by atoms with Crippen molar-refractivity contribution in [2.24, 2.45) is 23.2 Å². The molecular weight excluding hydrogens is 532 g/mol. The summed E-state index contributed by atoms with van der Waals surface area (Å²) in [4.78, 5) is 24.5. The molecule has 40 heavy (non-hydrogen) atoms. The van der Waals surface area contributed by atoms with Crippen LogP contribution in [0.3, 0.4) is 0 Å². The van der Waals surface area contributed by atoms with Crippen LogP contribution in [0.5, 0.6) is 0 Å². The molecule has 0 spiro atoms. The lowest BCUT2D eigenvalue weighted by atomic mass is 9.49. The Kier molecular flexibility index (Phi) is 7.20. The third kappa shape index (κ3) is 5.41. The highest BCUT2D eigenvalue weighted by Gasteiger charge is 2.51. The number of hydrogen-bond donors (Lipinski definition) is 3. The van der Waals surface area contributed by atoms with Gasteiger partial charge in [-0.25, -0.2) is 13.1 Å². The van der Waals surface area contributed by atoms with Crippen LogP contribution in [0.25, 0.3) is 0 Å². The number of carbonyl (C=O) groups is 1. The second-order valence-electron chi connectivity index (χ2n) is 12.2. The van der Waals surface area contributed by atoms with Gasteiger partial charge in [0, 0.05) is 31.4 Å². The molecule has 7 rings (SSSR count). The molecule has 0 unspecified atom stereocenters. The van der Waals surface area contributed by atoms with E-state index in [1.165, 1.54) is 43.5 Å². The van der Waals surface area contributed by atoms with Crippen molar-refractivity contribution in [1.82, 2.24) is 4.72 Å². The van der Waals surface area contributed by atoms with Crippen LogP contribution in [0.4, 0.5) is 17.1 Å². The Morgan fingerprint density at radius 3 is 2.20 bits per heavy atom. The number of nitro benzene ring substituents is 1. The van der Waals surface area contributed by atoms with Crippen LogP contribution in [-0.4, -0.2) is 45.0 Å². The van der Waals surface area contributed by atoms with Crippen molar-refractivity contribution in [3.63, 3.8) is 0 Å². The first-order valence-electron chi connectivity index (χ1n) is 14.2. The summed E-state index contributed by atoms with van der Waals surface area (Å²) >= 11 is 0. The van der Waals surface area contributed by atoms with Crippen molar-refractivity contribution < 1.29 is 22.9 Å². The van der Waals surface area contributed by atoms with Gasteiger partial charge in [0.05, 0.1) is 4.92 Å². The highest BCUT2D eigenvalue weighted by Crippen LogP contribution is 2.60. The number of carbonyl (C=O) groups excluding carboxylic acids is 1. The number of anilines is 2. The monoisotopic (exact) mass is 568 g/mol. The fourth-order valence-corrected chi connectivity index (χ4v) is 9.10. The number of rotatable bonds is 9. The predicted octanol–water partition coefficient (Wildman–Crippen LogP) is 4.93. The largest absolute Gasteiger partial charge is 0.381 e. The number of nitrogens with zero attached hydrogens (tertiary/aromatic N) is 1. The van der Waals surface area contributed by atoms with Gasteiger partial charge in [-0.3, -0.25) is 14.9 Å². The minimum atomic E-state index is -4.44. The average molecular weight is 569 g/mol. The van der Waals surface area contributed by atoms with Gasteiger partial charge in [0.2, 0.25) is 0 Å². The molecule has 0 aromatic heterocycles. The van der Waals surface area contributed by atoms with Crippen molar-refractivity contribution >= 4 is 33.0 Å². The number of nitrogens with one attached hydrogen (secondary N) is 3. The molecule has 214 valence electrons. The Balaban J connectivity index is 1.35. The van der Waals surface area contributed by atoms with Crippen LogP contribution >= 0.6 is 0 Å². The molecule has 3 N–H and O–H groups in total. The lowest BCUT2D eigenvalue weighted by Gasteiger charge is -2.57. The van der Waals surface area contributed by atoms with Crippen LogP contribution in [0.2, 0.25) is 0 Å². The zero-order valence-corrected chi connectivity index (χ0v) is 23.3. The van der Waals surface area contributed by atoms with Crippen molar-refractivity contribution in [3.05, 3.63) is 58.1 Å². The van der Waals surface area contributed by atoms with Crippen molar-refractivity contribution in [2.45, 2.75) is 62.3 Å². The molecule has 5 aliphatic rings. The molecule has 1 saturated heterocycles. The third-order valence-electron chi connectivity index (χ3n) is 9.26. The van der Waals surface area contributed by atoms with Crippen LogP contribution in [0.1, 0.15) is 61.7 Å². The molecule has 1 heterocycles. The summed E-state index contributed by atoms with van der Waals surface area (Å²) in [5, 5.41) is 19.1. The number of amides is 1. The molecule has 10 nitrogen and oxygen atoms in total. The Hall–Kier alpha value is -3.18. The van der Waals surface area contributed by atoms with Crippen LogP contribution in [0.15, 0.2) is 47.4 Å². The van der Waals surface area contributed by atoms with E-state index in [1.54, 1.807) is 18.2 Å². The highest BCUT2D eigenvalue weighted by atomic mass is 32.2. The minimum absolute atomic E-state index is 0.00107. The third-order valence-corrected chi connectivity index (χ3v) is 10.6. The standard InChI is InChI=1S/C29H36N4O6S/c34-28(22-4-2-1-3-5-22)32-40(37,38)25-7-6-24(31-23-8-10-39-11-9-23)27(33(35)36)26(25)30-18-29-15-19-12-20(16-29)14-21(13-19)17-29/h1-7,19-21,23,30-31H,8-18H2,(H,32,34). The van der Waals surface area contributed by atoms with E-state index in [1.807, 2.05) is 0 Å². The number of hydrogen-bond acceptors (Lipinski definition) is 8. The van der Waals surface area contributed by atoms with Crippen molar-refractivity contribution in [3.8, 4) is 0 Å². The quantitative estimate of drug-likeness (QED) is 0.286. The number of sulfonamides is 1. The number of nitro groups is 1. The normalized spacial score (nSPS) is 27.8. The molecule has 2 aromatic rings. The van der Waals surface area contributed by atoms with Crippen LogP contribution in [-0.2, 0) is 14.8 Å². The van der Waals surface area contributed by atoms with E-state index in [9.17, 15) is 23.3 Å². The average Bonchev–Trinajstić information content (AvgIpc) is 2.91. The molecule has 1 amide bonds. The molecule has 11 heteroatoms. The number of ether oxygens (including phenoxy) is 1. The Morgan fingerprint density at radius 1 is 0.975 bits per heavy atom. The van der Waals surface area contributed by atoms with Gasteiger partial charge in [0.25, 0.3) is 15.9 Å². The zero-order chi connectivity index (χ0) is 27.9. The zero-order valence-electron chi connectivity index (χ0n) is 22.4. The maximum atomic E-state index is 13.6. The first kappa shape index (κ1) is 27.0. The van der Waals surface area contributed by atoms with Crippen molar-refractivity contribution in [2.75, 3.05) is 30.4 Å². The molecule has 4 saturated carbocycles. The Morgan fingerprint density at radius 2 is 1.60 bits per heavy atom. The molecule has 4 aliphatic carbocycles. The van der Waals surface area contributed by atoms with Crippen LogP contribution < -0.4 is 15.4 Å². The summed E-state index contributed by atoms with van der Waals surface area (Å²) in [5.41, 5.74) is 0.0679. The highest BCUT2D eigenvalue weighted by molar-refractivity contribution is 7.90. The smallest absolute Gasteiger partial charge is 0.316 e. The first-order valence-corrected chi connectivity index (χ1v) is 15.7. The van der Waals surface area contributed by atoms with E-state index in [2.05, 4.69) is 15.4 Å².